The van der Waals surface area contributed by atoms with Crippen molar-refractivity contribution in [3.8, 4) is 0 Å². The Labute approximate surface area is 784 Å². The van der Waals surface area contributed by atoms with E-state index in [-0.39, 0.29) is 81.7 Å². The van der Waals surface area contributed by atoms with E-state index in [0.29, 0.717) is 206 Å². The first-order chi connectivity index (χ1) is 67.2. The highest BCUT2D eigenvalue weighted by Gasteiger charge is 2.34. The lowest BCUT2D eigenvalue weighted by atomic mass is 9.92. The van der Waals surface area contributed by atoms with Crippen LogP contribution < -0.4 is 99.4 Å². The largest absolute Gasteiger partial charge is 0.371 e. The molecule has 0 spiro atoms. The zero-order chi connectivity index (χ0) is 102. The number of nitrogens with one attached hydrogen (secondary N) is 12. The van der Waals surface area contributed by atoms with E-state index in [1.54, 1.807) is 40.7 Å². The van der Waals surface area contributed by atoms with Crippen molar-refractivity contribution in [1.82, 2.24) is 57.3 Å². The van der Waals surface area contributed by atoms with Crippen LogP contribution in [-0.2, 0) is 64.7 Å². The molecular weight excluding hydrogens is 1840 g/mol. The maximum atomic E-state index is 13.5. The summed E-state index contributed by atoms with van der Waals surface area (Å²) in [5, 5.41) is 18.3. The topological polar surface area (TPSA) is 401 Å². The number of fused-ring (bicyclic) bond motifs is 6. The summed E-state index contributed by atoms with van der Waals surface area (Å²) in [5.41, 5.74) is 0.728. The lowest BCUT2D eigenvalue weighted by Crippen LogP contribution is -2.43. The van der Waals surface area contributed by atoms with Gasteiger partial charge in [0.05, 0.1) is 63.6 Å². The van der Waals surface area contributed by atoms with Crippen molar-refractivity contribution in [2.45, 2.75) is 231 Å². The Morgan fingerprint density at radius 2 is 0.612 bits per heavy atom. The highest BCUT2D eigenvalue weighted by atomic mass is 19.2. The molecule has 0 amide bonds. The Morgan fingerprint density at radius 1 is 0.309 bits per heavy atom. The molecule has 736 valence electrons. The van der Waals surface area contributed by atoms with E-state index in [0.717, 1.165) is 104 Å². The molecule has 7 aliphatic rings. The molecule has 30 nitrogen and oxygen atoms in total. The summed E-state index contributed by atoms with van der Waals surface area (Å²) in [4.78, 5) is 163. The van der Waals surface area contributed by atoms with Crippen molar-refractivity contribution in [3.05, 3.63) is 371 Å². The second-order valence-electron chi connectivity index (χ2n) is 34.6. The second-order valence-corrected chi connectivity index (χ2v) is 34.6. The lowest BCUT2D eigenvalue weighted by molar-refractivity contribution is 0.295. The van der Waals surface area contributed by atoms with Crippen molar-refractivity contribution < 1.29 is 55.4 Å². The van der Waals surface area contributed by atoms with Crippen molar-refractivity contribution in [1.29, 1.82) is 0 Å². The fraction of sp³-hybridized carbons (Fsp3) is 0.381. The molecule has 1 saturated carbocycles. The summed E-state index contributed by atoms with van der Waals surface area (Å²) in [6.45, 7) is 12.1. The highest BCUT2D eigenvalue weighted by molar-refractivity contribution is 5.53. The molecule has 6 atom stereocenters. The summed E-state index contributed by atoms with van der Waals surface area (Å²) in [6, 6.07) is 19.7. The van der Waals surface area contributed by atoms with Gasteiger partial charge in [-0.05, 0) is 256 Å². The Kier molecular flexibility index (Phi) is 30.4. The number of aromatic nitrogens is 12. The van der Waals surface area contributed by atoms with E-state index in [9.17, 15) is 110 Å². The van der Waals surface area contributed by atoms with Crippen LogP contribution in [0.5, 0.6) is 0 Å². The van der Waals surface area contributed by atoms with Crippen LogP contribution in [-0.4, -0.2) is 63.9 Å². The van der Waals surface area contributed by atoms with E-state index >= 15 is 0 Å². The first-order valence-corrected chi connectivity index (χ1v) is 45.7. The fourth-order valence-electron chi connectivity index (χ4n) is 17.9. The van der Waals surface area contributed by atoms with Crippen LogP contribution in [0.1, 0.15) is 236 Å². The van der Waals surface area contributed by atoms with Crippen LogP contribution >= 0.6 is 0 Å². The van der Waals surface area contributed by atoms with Gasteiger partial charge in [-0.15, -0.1) is 0 Å². The van der Waals surface area contributed by atoms with Gasteiger partial charge in [0.25, 0.3) is 33.4 Å². The third-order valence-electron chi connectivity index (χ3n) is 25.5. The molecule has 0 bridgehead atoms. The van der Waals surface area contributed by atoms with Gasteiger partial charge in [-0.25, -0.2) is 81.5 Å². The van der Waals surface area contributed by atoms with Gasteiger partial charge in [-0.1, -0.05) is 43.3 Å². The quantitative estimate of drug-likeness (QED) is 0.0477. The smallest absolute Gasteiger partial charge is 0.330 e. The number of rotatable bonds is 13. The van der Waals surface area contributed by atoms with Crippen molar-refractivity contribution >= 4 is 34.9 Å². The number of anilines is 6. The molecular formula is C97H102F12N18O12. The van der Waals surface area contributed by atoms with E-state index < -0.39 is 128 Å². The van der Waals surface area contributed by atoms with E-state index in [2.05, 4.69) is 61.8 Å². The molecule has 1 fully saturated rings. The number of benzene rings is 6. The SMILES string of the molecule is CCCn1c(=O)[nH]c2c(c1=O)CC[C@H](c1ccc(F)c(F)c1)N2.CCn1c(=O)[nH]c2c(c1=O)CCC[C@@H](c1ccc(F)c(F)c1)N2.CCn1c(=O)[nH]c2c(c1=O)CCC[C@H](c1ccc(F)c(F)c1)N2.CCn1c(=O)[nH]c2c(c1=O)CC[C@@H](c1ccc(F)c(F)c1)CN2.O=c1[nH]c2c(c(=O)n1C1CCC1)CC[C@H](c1ccc(F)c(F)c1)N2.[2H]C1([2H])C[C@H](c2ccc(F)c(F)c2)Nc2[nH]c(=O)n(C(C)C)c(=O)c21. The summed E-state index contributed by atoms with van der Waals surface area (Å²) >= 11 is 0. The predicted molar refractivity (Wildman–Crippen MR) is 499 cm³/mol. The monoisotopic (exact) mass is 1940 g/mol. The Morgan fingerprint density at radius 3 is 0.971 bits per heavy atom. The van der Waals surface area contributed by atoms with E-state index in [4.69, 9.17) is 2.74 Å². The van der Waals surface area contributed by atoms with Crippen molar-refractivity contribution in [3.63, 3.8) is 0 Å². The molecule has 0 unspecified atom stereocenters. The van der Waals surface area contributed by atoms with Crippen LogP contribution in [0.25, 0.3) is 0 Å². The van der Waals surface area contributed by atoms with Crippen LogP contribution in [0.4, 0.5) is 87.6 Å². The molecule has 6 aliphatic heterocycles. The zero-order valence-electron chi connectivity index (χ0n) is 78.2. The maximum Gasteiger partial charge on any atom is 0.330 e. The minimum absolute atomic E-state index is 0.00420. The second kappa shape index (κ2) is 43.4. The third kappa shape index (κ3) is 22.0. The van der Waals surface area contributed by atoms with E-state index in [1.807, 2.05) is 6.92 Å². The molecule has 12 aromatic rings. The van der Waals surface area contributed by atoms with Gasteiger partial charge < -0.3 is 31.9 Å². The van der Waals surface area contributed by atoms with Gasteiger partial charge >= 0.3 is 34.1 Å². The lowest BCUT2D eigenvalue weighted by Gasteiger charge is -2.30. The van der Waals surface area contributed by atoms with Gasteiger partial charge in [0, 0.05) is 53.5 Å². The van der Waals surface area contributed by atoms with Crippen molar-refractivity contribution in [2.24, 2.45) is 0 Å². The summed E-state index contributed by atoms with van der Waals surface area (Å²) < 4.78 is 183. The minimum atomic E-state index is -2.05. The molecule has 12 N–H and O–H groups in total. The number of aromatic amines is 6. The van der Waals surface area contributed by atoms with Crippen molar-refractivity contribution in [2.75, 3.05) is 38.4 Å². The number of H-pyrrole nitrogens is 6. The van der Waals surface area contributed by atoms with Crippen LogP contribution in [0.3, 0.4) is 0 Å². The first kappa shape index (κ1) is 97.4. The number of nitrogens with zero attached hydrogens (tertiary/aromatic N) is 6. The molecule has 139 heavy (non-hydrogen) atoms. The fourth-order valence-corrected chi connectivity index (χ4v) is 17.9. The zero-order valence-corrected chi connectivity index (χ0v) is 76.2. The first-order valence-electron chi connectivity index (χ1n) is 46.7. The highest BCUT2D eigenvalue weighted by Crippen LogP contribution is 2.38. The number of hydrogen-bond donors (Lipinski definition) is 12. The standard InChI is InChI=1S/C17H17F2N3O2.5C16H17F2N3O2/c18-12-6-4-9(8-13(12)19)14-7-5-11-15(20-14)21-17(24)22(16(11)23)10-2-1-3-10;1-8(2)21-15(22)10-4-6-13(19-14(10)20-16(21)23)9-3-5-11(17)12(18)7-9;1-2-21-15(22)11-5-3-10(8-19-14(11)20-16(21)23)9-4-6-12(17)13(18)7-9;1-2-7-21-15(22)10-4-6-13(19-14(10)20-16(21)23)9-3-5-11(17)12(18)8-9;2*1-2-21-15(22)10-4-3-5-13(19-14(10)20-16(21)23)9-6-7-11(17)12(18)8-9/h4,6,8,10,14,20H,1-3,5,7H2,(H,21,24);3,5,7-8,13,19H,4,6H2,1-2H3,(H,20,23);4,6-7,10,19H,2-3,5,8H2,1H3,(H,20,23);3,5,8,13,19H,2,4,6-7H2,1H3,(H,20,23);2*6-8,13,19H,2-5H2,1H3,(H,20,23)/t14-;13-;10-;3*13-/m111110/s1/i;4D2;;;;. The predicted octanol–water partition coefficient (Wildman–Crippen LogP) is 14.1. The average molecular weight is 1940 g/mol. The molecule has 12 heterocycles. The molecule has 19 rings (SSSR count). The van der Waals surface area contributed by atoms with Gasteiger partial charge in [0.2, 0.25) is 0 Å². The van der Waals surface area contributed by atoms with Crippen LogP contribution in [0.2, 0.25) is 0 Å². The van der Waals surface area contributed by atoms with Gasteiger partial charge in [-0.3, -0.25) is 86.1 Å². The molecule has 0 radical (unpaired) electrons. The summed E-state index contributed by atoms with van der Waals surface area (Å²) in [6.07, 6.45) is 8.11. The number of hydrogen-bond acceptors (Lipinski definition) is 18. The third-order valence-corrected chi connectivity index (χ3v) is 25.5. The Bertz CT molecular complexity index is 7430. The van der Waals surface area contributed by atoms with Gasteiger partial charge in [-0.2, -0.15) is 0 Å². The summed E-state index contributed by atoms with van der Waals surface area (Å²) in [7, 11) is 0. The average Bonchev–Trinajstić information content (AvgIpc) is 0.769. The van der Waals surface area contributed by atoms with Gasteiger partial charge in [0.1, 0.15) is 34.9 Å². The molecule has 6 aromatic carbocycles. The molecule has 0 saturated heterocycles. The molecule has 42 heteroatoms. The minimum Gasteiger partial charge on any atom is -0.371 e. The number of halogens is 12. The Hall–Kier alpha value is -14.6. The van der Waals surface area contributed by atoms with Crippen LogP contribution in [0.15, 0.2) is 167 Å². The molecule has 1 aliphatic carbocycles. The normalized spacial score (nSPS) is 18.2. The van der Waals surface area contributed by atoms with Crippen LogP contribution in [0, 0.1) is 69.8 Å². The van der Waals surface area contributed by atoms with Gasteiger partial charge in [0.15, 0.2) is 69.8 Å². The molecule has 6 aromatic heterocycles. The summed E-state index contributed by atoms with van der Waals surface area (Å²) in [5.74, 6) is -9.24. The van der Waals surface area contributed by atoms with E-state index in [1.165, 1.54) is 45.5 Å². The maximum absolute atomic E-state index is 13.5. The Balaban J connectivity index is 0.000000135.